The van der Waals surface area contributed by atoms with Crippen LogP contribution in [0.2, 0.25) is 0 Å². The number of aryl methyl sites for hydroxylation is 1. The van der Waals surface area contributed by atoms with Crippen molar-refractivity contribution in [1.82, 2.24) is 9.99 Å². The van der Waals surface area contributed by atoms with Gasteiger partial charge in [-0.25, -0.2) is 9.98 Å². The molecule has 1 atom stereocenters. The van der Waals surface area contributed by atoms with E-state index in [4.69, 9.17) is 16.5 Å². The Morgan fingerprint density at radius 2 is 1.73 bits per heavy atom. The zero-order chi connectivity index (χ0) is 22.9. The molecule has 1 aliphatic heterocycles. The van der Waals surface area contributed by atoms with E-state index in [9.17, 15) is 0 Å². The molecule has 3 aromatic carbocycles. The largest absolute Gasteiger partial charge is 0.399 e. The number of fused-ring (bicyclic) bond motifs is 1. The third kappa shape index (κ3) is 3.96. The van der Waals surface area contributed by atoms with Crippen LogP contribution in [0.3, 0.4) is 0 Å². The van der Waals surface area contributed by atoms with Crippen molar-refractivity contribution in [2.75, 3.05) is 23.5 Å². The van der Waals surface area contributed by atoms with Gasteiger partial charge in [-0.05, 0) is 59.3 Å². The first-order valence-electron chi connectivity index (χ1n) is 11.2. The van der Waals surface area contributed by atoms with Crippen molar-refractivity contribution in [3.63, 3.8) is 0 Å². The van der Waals surface area contributed by atoms with Gasteiger partial charge >= 0.3 is 0 Å². The minimum atomic E-state index is -0.147. The molecular formula is C27H28N6. The SMILES string of the molecule is CCc1cccc(N2C(c3ccccc3)N=C(Cc3cc4cc(N)ccc4c(N)n3)N2C)c1. The first kappa shape index (κ1) is 20.8. The summed E-state index contributed by atoms with van der Waals surface area (Å²) in [6.45, 7) is 2.17. The fourth-order valence-corrected chi connectivity index (χ4v) is 4.42. The number of hydrogen-bond acceptors (Lipinski definition) is 6. The first-order valence-corrected chi connectivity index (χ1v) is 11.2. The van der Waals surface area contributed by atoms with Crippen molar-refractivity contribution >= 4 is 33.8 Å². The highest BCUT2D eigenvalue weighted by Gasteiger charge is 2.33. The van der Waals surface area contributed by atoms with E-state index in [2.05, 4.69) is 83.6 Å². The van der Waals surface area contributed by atoms with Crippen molar-refractivity contribution < 1.29 is 0 Å². The molecular weight excluding hydrogens is 408 g/mol. The van der Waals surface area contributed by atoms with Crippen LogP contribution in [0.15, 0.2) is 83.9 Å². The number of anilines is 3. The van der Waals surface area contributed by atoms with Gasteiger partial charge in [0.05, 0.1) is 11.4 Å². The van der Waals surface area contributed by atoms with Crippen molar-refractivity contribution in [2.45, 2.75) is 25.9 Å². The average molecular weight is 437 g/mol. The molecule has 6 nitrogen and oxygen atoms in total. The number of nitrogen functional groups attached to an aromatic ring is 2. The van der Waals surface area contributed by atoms with E-state index in [1.165, 1.54) is 5.56 Å². The normalized spacial score (nSPS) is 15.8. The fraction of sp³-hybridized carbons (Fsp3) is 0.185. The molecule has 6 heteroatoms. The summed E-state index contributed by atoms with van der Waals surface area (Å²) in [4.78, 5) is 9.80. The maximum absolute atomic E-state index is 6.27. The number of aliphatic imine (C=N–C) groups is 1. The molecule has 2 heterocycles. The number of pyridine rings is 1. The van der Waals surface area contributed by atoms with E-state index < -0.39 is 0 Å². The number of benzene rings is 3. The number of nitrogens with two attached hydrogens (primary N) is 2. The summed E-state index contributed by atoms with van der Waals surface area (Å²) >= 11 is 0. The minimum Gasteiger partial charge on any atom is -0.399 e. The highest BCUT2D eigenvalue weighted by Crippen LogP contribution is 2.35. The molecule has 4 aromatic rings. The molecule has 0 bridgehead atoms. The quantitative estimate of drug-likeness (QED) is 0.432. The third-order valence-corrected chi connectivity index (χ3v) is 6.16. The Labute approximate surface area is 194 Å². The van der Waals surface area contributed by atoms with Crippen LogP contribution >= 0.6 is 0 Å². The Bertz CT molecular complexity index is 1330. The van der Waals surface area contributed by atoms with Crippen molar-refractivity contribution in [2.24, 2.45) is 4.99 Å². The molecule has 0 radical (unpaired) electrons. The van der Waals surface area contributed by atoms with E-state index >= 15 is 0 Å². The van der Waals surface area contributed by atoms with Crippen LogP contribution in [0, 0.1) is 0 Å². The number of amidine groups is 1. The van der Waals surface area contributed by atoms with Crippen LogP contribution in [-0.4, -0.2) is 22.9 Å². The van der Waals surface area contributed by atoms with E-state index in [0.717, 1.165) is 40.0 Å². The van der Waals surface area contributed by atoms with Gasteiger partial charge in [-0.3, -0.25) is 10.0 Å². The van der Waals surface area contributed by atoms with Gasteiger partial charge in [0, 0.05) is 24.5 Å². The van der Waals surface area contributed by atoms with Gasteiger partial charge in [-0.1, -0.05) is 49.4 Å². The van der Waals surface area contributed by atoms with Crippen LogP contribution in [0.4, 0.5) is 17.2 Å². The second-order valence-electron chi connectivity index (χ2n) is 8.38. The lowest BCUT2D eigenvalue weighted by Gasteiger charge is -2.33. The predicted molar refractivity (Wildman–Crippen MR) is 137 cm³/mol. The number of hydrazine groups is 1. The van der Waals surface area contributed by atoms with Crippen LogP contribution in [0.25, 0.3) is 10.8 Å². The number of likely N-dealkylation sites (N-methyl/N-ethyl adjacent to an activating group) is 1. The van der Waals surface area contributed by atoms with Crippen LogP contribution in [-0.2, 0) is 12.8 Å². The average Bonchev–Trinajstić information content (AvgIpc) is 3.15. The zero-order valence-electron chi connectivity index (χ0n) is 18.9. The summed E-state index contributed by atoms with van der Waals surface area (Å²) in [5.74, 6) is 1.44. The number of nitrogens with zero attached hydrogens (tertiary/aromatic N) is 4. The Kier molecular flexibility index (Phi) is 5.34. The monoisotopic (exact) mass is 436 g/mol. The van der Waals surface area contributed by atoms with Gasteiger partial charge in [0.25, 0.3) is 0 Å². The van der Waals surface area contributed by atoms with E-state index in [1.54, 1.807) is 0 Å². The lowest BCUT2D eigenvalue weighted by Crippen LogP contribution is -2.40. The number of hydrogen-bond donors (Lipinski definition) is 2. The van der Waals surface area contributed by atoms with Crippen molar-refractivity contribution in [1.29, 1.82) is 0 Å². The molecule has 4 N–H and O–H groups in total. The molecule has 1 unspecified atom stereocenters. The summed E-state index contributed by atoms with van der Waals surface area (Å²) in [5.41, 5.74) is 17.4. The summed E-state index contributed by atoms with van der Waals surface area (Å²) in [6, 6.07) is 26.8. The van der Waals surface area contributed by atoms with Gasteiger partial charge in [0.1, 0.15) is 11.7 Å². The van der Waals surface area contributed by atoms with Gasteiger partial charge < -0.3 is 11.5 Å². The summed E-state index contributed by atoms with van der Waals surface area (Å²) < 4.78 is 0. The summed E-state index contributed by atoms with van der Waals surface area (Å²) in [5, 5.41) is 6.28. The van der Waals surface area contributed by atoms with Gasteiger partial charge in [0.2, 0.25) is 0 Å². The molecule has 0 aliphatic carbocycles. The third-order valence-electron chi connectivity index (χ3n) is 6.16. The van der Waals surface area contributed by atoms with Gasteiger partial charge in [-0.2, -0.15) is 0 Å². The predicted octanol–water partition coefficient (Wildman–Crippen LogP) is 4.97. The molecule has 0 saturated heterocycles. The Morgan fingerprint density at radius 1 is 0.909 bits per heavy atom. The van der Waals surface area contributed by atoms with Gasteiger partial charge in [-0.15, -0.1) is 0 Å². The summed E-state index contributed by atoms with van der Waals surface area (Å²) in [7, 11) is 2.06. The molecule has 1 aromatic heterocycles. The zero-order valence-corrected chi connectivity index (χ0v) is 18.9. The van der Waals surface area contributed by atoms with Crippen LogP contribution < -0.4 is 16.5 Å². The van der Waals surface area contributed by atoms with Crippen LogP contribution in [0.1, 0.15) is 29.9 Å². The highest BCUT2D eigenvalue weighted by atomic mass is 15.7. The van der Waals surface area contributed by atoms with Gasteiger partial charge in [0.15, 0.2) is 6.17 Å². The molecule has 0 saturated carbocycles. The second kappa shape index (κ2) is 8.47. The molecule has 0 spiro atoms. The maximum Gasteiger partial charge on any atom is 0.167 e. The highest BCUT2D eigenvalue weighted by molar-refractivity contribution is 5.94. The first-order chi connectivity index (χ1) is 16.0. The minimum absolute atomic E-state index is 0.147. The number of rotatable bonds is 5. The summed E-state index contributed by atoms with van der Waals surface area (Å²) in [6.07, 6.45) is 1.41. The van der Waals surface area contributed by atoms with E-state index in [-0.39, 0.29) is 6.17 Å². The molecule has 0 fully saturated rings. The van der Waals surface area contributed by atoms with E-state index in [1.807, 2.05) is 24.3 Å². The fourth-order valence-electron chi connectivity index (χ4n) is 4.42. The molecule has 1 aliphatic rings. The Balaban J connectivity index is 1.54. The molecule has 0 amide bonds. The Hall–Kier alpha value is -4.06. The Morgan fingerprint density at radius 3 is 2.52 bits per heavy atom. The maximum atomic E-state index is 6.27. The lowest BCUT2D eigenvalue weighted by atomic mass is 10.1. The second-order valence-corrected chi connectivity index (χ2v) is 8.38. The lowest BCUT2D eigenvalue weighted by molar-refractivity contribution is 0.442. The smallest absolute Gasteiger partial charge is 0.167 e. The van der Waals surface area contributed by atoms with E-state index in [0.29, 0.717) is 17.9 Å². The molecule has 33 heavy (non-hydrogen) atoms. The number of aromatic nitrogens is 1. The van der Waals surface area contributed by atoms with Crippen LogP contribution in [0.5, 0.6) is 0 Å². The van der Waals surface area contributed by atoms with Crippen molar-refractivity contribution in [3.05, 3.63) is 95.7 Å². The molecule has 166 valence electrons. The van der Waals surface area contributed by atoms with Crippen molar-refractivity contribution in [3.8, 4) is 0 Å². The molecule has 5 rings (SSSR count). The standard InChI is InChI=1S/C27H28N6/c1-3-18-8-7-11-23(14-18)33-27(19-9-5-4-6-10-19)31-25(32(33)2)17-22-16-20-15-21(28)12-13-24(20)26(29)30-22/h4-16,27H,3,17,28H2,1-2H3,(H2,29,30). The topological polar surface area (TPSA) is 83.8 Å².